The predicted octanol–water partition coefficient (Wildman–Crippen LogP) is 1.26. The van der Waals surface area contributed by atoms with Crippen LogP contribution in [0, 0.1) is 0 Å². The van der Waals surface area contributed by atoms with Crippen molar-refractivity contribution in [3.8, 4) is 5.69 Å². The van der Waals surface area contributed by atoms with Gasteiger partial charge in [0.1, 0.15) is 12.2 Å². The highest BCUT2D eigenvalue weighted by Gasteiger charge is 2.04. The van der Waals surface area contributed by atoms with Crippen LogP contribution in [-0.4, -0.2) is 37.0 Å². The van der Waals surface area contributed by atoms with Crippen LogP contribution in [0.4, 0.5) is 0 Å². The van der Waals surface area contributed by atoms with Crippen LogP contribution < -0.4 is 10.6 Å². The summed E-state index contributed by atoms with van der Waals surface area (Å²) in [6.45, 7) is 3.86. The fourth-order valence-electron chi connectivity index (χ4n) is 2.32. The quantitative estimate of drug-likeness (QED) is 0.522. The highest BCUT2D eigenvalue weighted by atomic mass is 15.3. The number of para-hydroxylation sites is 1. The van der Waals surface area contributed by atoms with Crippen LogP contribution in [0.2, 0.25) is 0 Å². The molecule has 0 saturated heterocycles. The summed E-state index contributed by atoms with van der Waals surface area (Å²) >= 11 is 0. The molecule has 3 rings (SSSR count). The molecule has 8 heteroatoms. The number of hydrogen-bond donors (Lipinski definition) is 2. The second-order valence-corrected chi connectivity index (χ2v) is 5.44. The first kappa shape index (κ1) is 16.7. The molecule has 0 spiro atoms. The summed E-state index contributed by atoms with van der Waals surface area (Å²) < 4.78 is 3.59. The minimum absolute atomic E-state index is 0.494. The van der Waals surface area contributed by atoms with Crippen molar-refractivity contribution in [1.29, 1.82) is 0 Å². The summed E-state index contributed by atoms with van der Waals surface area (Å²) in [5.41, 5.74) is 1.93. The first-order valence-electron chi connectivity index (χ1n) is 8.21. The number of rotatable bonds is 6. The van der Waals surface area contributed by atoms with E-state index < -0.39 is 0 Å². The molecule has 0 fully saturated rings. The predicted molar refractivity (Wildman–Crippen MR) is 96.2 cm³/mol. The largest absolute Gasteiger partial charge is 0.357 e. The van der Waals surface area contributed by atoms with E-state index in [9.17, 15) is 0 Å². The molecule has 0 saturated carbocycles. The Kier molecular flexibility index (Phi) is 5.40. The molecule has 130 valence electrons. The highest BCUT2D eigenvalue weighted by molar-refractivity contribution is 5.79. The van der Waals surface area contributed by atoms with E-state index in [1.54, 1.807) is 4.68 Å². The summed E-state index contributed by atoms with van der Waals surface area (Å²) in [6.07, 6.45) is 3.48. The minimum atomic E-state index is 0.494. The number of aryl methyl sites for hydroxylation is 1. The summed E-state index contributed by atoms with van der Waals surface area (Å²) in [4.78, 5) is 8.77. The van der Waals surface area contributed by atoms with Crippen molar-refractivity contribution >= 4 is 5.96 Å². The monoisotopic (exact) mass is 338 g/mol. The van der Waals surface area contributed by atoms with Crippen molar-refractivity contribution in [2.75, 3.05) is 6.54 Å². The van der Waals surface area contributed by atoms with Crippen molar-refractivity contribution in [2.45, 2.75) is 20.0 Å². The van der Waals surface area contributed by atoms with Crippen LogP contribution >= 0.6 is 0 Å². The Labute approximate surface area is 146 Å². The molecule has 2 aromatic heterocycles. The zero-order chi connectivity index (χ0) is 17.5. The normalized spacial score (nSPS) is 11.5. The third kappa shape index (κ3) is 4.43. The molecule has 0 amide bonds. The Balaban J connectivity index is 1.63. The molecule has 1 aromatic carbocycles. The minimum Gasteiger partial charge on any atom is -0.357 e. The molecule has 0 aliphatic rings. The molecule has 2 N–H and O–H groups in total. The molecule has 0 bridgehead atoms. The molecule has 0 aliphatic heterocycles. The van der Waals surface area contributed by atoms with Gasteiger partial charge in [0.05, 0.1) is 24.5 Å². The SMILES string of the molecule is CCNC(=NCc1ccn(-c2ccccc2)n1)NCc1ncnn1C. The van der Waals surface area contributed by atoms with Gasteiger partial charge in [0.25, 0.3) is 0 Å². The molecule has 0 atom stereocenters. The first-order valence-corrected chi connectivity index (χ1v) is 8.21. The number of guanidine groups is 1. The van der Waals surface area contributed by atoms with Gasteiger partial charge in [-0.25, -0.2) is 14.7 Å². The third-order valence-corrected chi connectivity index (χ3v) is 3.63. The van der Waals surface area contributed by atoms with E-state index >= 15 is 0 Å². The average molecular weight is 338 g/mol. The van der Waals surface area contributed by atoms with Crippen LogP contribution in [-0.2, 0) is 20.1 Å². The summed E-state index contributed by atoms with van der Waals surface area (Å²) in [6, 6.07) is 12.0. The van der Waals surface area contributed by atoms with Crippen molar-refractivity contribution < 1.29 is 0 Å². The molecule has 25 heavy (non-hydrogen) atoms. The van der Waals surface area contributed by atoms with E-state index in [2.05, 4.69) is 30.8 Å². The highest BCUT2D eigenvalue weighted by Crippen LogP contribution is 2.07. The fourth-order valence-corrected chi connectivity index (χ4v) is 2.32. The summed E-state index contributed by atoms with van der Waals surface area (Å²) in [7, 11) is 1.87. The van der Waals surface area contributed by atoms with Gasteiger partial charge < -0.3 is 10.6 Å². The van der Waals surface area contributed by atoms with Crippen molar-refractivity contribution in [3.63, 3.8) is 0 Å². The van der Waals surface area contributed by atoms with E-state index in [0.717, 1.165) is 29.7 Å². The maximum atomic E-state index is 4.58. The van der Waals surface area contributed by atoms with Gasteiger partial charge in [0.2, 0.25) is 0 Å². The first-order chi connectivity index (χ1) is 12.3. The van der Waals surface area contributed by atoms with Gasteiger partial charge >= 0.3 is 0 Å². The van der Waals surface area contributed by atoms with Crippen LogP contribution in [0.15, 0.2) is 53.9 Å². The van der Waals surface area contributed by atoms with Crippen LogP contribution in [0.3, 0.4) is 0 Å². The zero-order valence-electron chi connectivity index (χ0n) is 14.4. The molecular formula is C17H22N8. The summed E-state index contributed by atoms with van der Waals surface area (Å²) in [5, 5.41) is 15.1. The Morgan fingerprint density at radius 2 is 2.00 bits per heavy atom. The van der Waals surface area contributed by atoms with E-state index in [4.69, 9.17) is 0 Å². The van der Waals surface area contributed by atoms with Crippen LogP contribution in [0.5, 0.6) is 0 Å². The zero-order valence-corrected chi connectivity index (χ0v) is 14.4. The van der Waals surface area contributed by atoms with Crippen molar-refractivity contribution in [3.05, 3.63) is 60.4 Å². The van der Waals surface area contributed by atoms with Gasteiger partial charge in [-0.3, -0.25) is 4.68 Å². The Morgan fingerprint density at radius 1 is 1.16 bits per heavy atom. The number of aliphatic imine (C=N–C) groups is 1. The molecule has 0 unspecified atom stereocenters. The molecule has 8 nitrogen and oxygen atoms in total. The van der Waals surface area contributed by atoms with E-state index in [-0.39, 0.29) is 0 Å². The Bertz CT molecular complexity index is 818. The lowest BCUT2D eigenvalue weighted by atomic mass is 10.3. The number of hydrogen-bond acceptors (Lipinski definition) is 4. The van der Waals surface area contributed by atoms with Gasteiger partial charge in [-0.1, -0.05) is 18.2 Å². The lowest BCUT2D eigenvalue weighted by Gasteiger charge is -2.10. The van der Waals surface area contributed by atoms with Gasteiger partial charge in [-0.2, -0.15) is 10.2 Å². The van der Waals surface area contributed by atoms with Crippen molar-refractivity contribution in [2.24, 2.45) is 12.0 Å². The number of nitrogens with zero attached hydrogens (tertiary/aromatic N) is 6. The lowest BCUT2D eigenvalue weighted by Crippen LogP contribution is -2.37. The molecule has 0 aliphatic carbocycles. The number of benzene rings is 1. The standard InChI is InChI=1S/C17H22N8/c1-3-18-17(20-12-16-21-13-22-24(16)2)19-11-14-9-10-25(23-14)15-7-5-4-6-8-15/h4-10,13H,3,11-12H2,1-2H3,(H2,18,19,20). The number of nitrogens with one attached hydrogen (secondary N) is 2. The maximum Gasteiger partial charge on any atom is 0.192 e. The van der Waals surface area contributed by atoms with Crippen molar-refractivity contribution in [1.82, 2.24) is 35.2 Å². The van der Waals surface area contributed by atoms with Gasteiger partial charge in [-0.15, -0.1) is 0 Å². The molecule has 3 aromatic rings. The second-order valence-electron chi connectivity index (χ2n) is 5.44. The molecule has 0 radical (unpaired) electrons. The number of aromatic nitrogens is 5. The second kappa shape index (κ2) is 8.09. The van der Waals surface area contributed by atoms with E-state index in [0.29, 0.717) is 13.1 Å². The molecular weight excluding hydrogens is 316 g/mol. The van der Waals surface area contributed by atoms with E-state index in [1.807, 2.05) is 61.2 Å². The third-order valence-electron chi connectivity index (χ3n) is 3.63. The van der Waals surface area contributed by atoms with Gasteiger partial charge in [-0.05, 0) is 25.1 Å². The summed E-state index contributed by atoms with van der Waals surface area (Å²) in [5.74, 6) is 1.57. The molecule has 2 heterocycles. The lowest BCUT2D eigenvalue weighted by molar-refractivity contribution is 0.672. The maximum absolute atomic E-state index is 4.58. The Hall–Kier alpha value is -3.16. The van der Waals surface area contributed by atoms with Gasteiger partial charge in [0.15, 0.2) is 5.96 Å². The topological polar surface area (TPSA) is 84.9 Å². The fraction of sp³-hybridized carbons (Fsp3) is 0.294. The smallest absolute Gasteiger partial charge is 0.192 e. The van der Waals surface area contributed by atoms with Gasteiger partial charge in [0, 0.05) is 19.8 Å². The van der Waals surface area contributed by atoms with Crippen LogP contribution in [0.1, 0.15) is 18.4 Å². The Morgan fingerprint density at radius 3 is 2.72 bits per heavy atom. The van der Waals surface area contributed by atoms with Crippen LogP contribution in [0.25, 0.3) is 5.69 Å². The average Bonchev–Trinajstić information content (AvgIpc) is 3.27. The van der Waals surface area contributed by atoms with E-state index in [1.165, 1.54) is 6.33 Å².